The second-order valence-corrected chi connectivity index (χ2v) is 4.35. The average Bonchev–Trinajstić information content (AvgIpc) is 2.74. The molecule has 0 saturated heterocycles. The maximum atomic E-state index is 4.34. The van der Waals surface area contributed by atoms with Crippen LogP contribution in [-0.2, 0) is 13.6 Å². The first-order valence-electron chi connectivity index (χ1n) is 5.68. The molecule has 0 aromatic carbocycles. The first-order valence-corrected chi connectivity index (χ1v) is 5.68. The van der Waals surface area contributed by atoms with Crippen LogP contribution in [0.1, 0.15) is 19.4 Å². The van der Waals surface area contributed by atoms with E-state index >= 15 is 0 Å². The van der Waals surface area contributed by atoms with Crippen molar-refractivity contribution in [3.05, 3.63) is 30.4 Å². The average molecular weight is 231 g/mol. The smallest absolute Gasteiger partial charge is 0.162 e. The Morgan fingerprint density at radius 2 is 1.94 bits per heavy atom. The van der Waals surface area contributed by atoms with E-state index in [2.05, 4.69) is 34.2 Å². The van der Waals surface area contributed by atoms with Gasteiger partial charge < -0.3 is 5.32 Å². The SMILES string of the molecule is CC(C)NCc1cnc(-c2cnn(C)c2)nc1. The van der Waals surface area contributed by atoms with Crippen molar-refractivity contribution >= 4 is 0 Å². The lowest BCUT2D eigenvalue weighted by Crippen LogP contribution is -2.21. The van der Waals surface area contributed by atoms with Crippen LogP contribution < -0.4 is 5.32 Å². The monoisotopic (exact) mass is 231 g/mol. The molecule has 0 aliphatic carbocycles. The topological polar surface area (TPSA) is 55.6 Å². The molecule has 0 aliphatic heterocycles. The van der Waals surface area contributed by atoms with E-state index in [1.54, 1.807) is 10.9 Å². The summed E-state index contributed by atoms with van der Waals surface area (Å²) in [6, 6.07) is 0.466. The molecule has 0 bridgehead atoms. The third-order valence-corrected chi connectivity index (χ3v) is 2.38. The standard InChI is InChI=1S/C12H17N5/c1-9(2)13-4-10-5-14-12(15-6-10)11-7-16-17(3)8-11/h5-9,13H,4H2,1-3H3. The summed E-state index contributed by atoms with van der Waals surface area (Å²) in [6.45, 7) is 5.03. The largest absolute Gasteiger partial charge is 0.310 e. The van der Waals surface area contributed by atoms with E-state index in [-0.39, 0.29) is 0 Å². The van der Waals surface area contributed by atoms with E-state index in [1.165, 1.54) is 0 Å². The molecule has 0 fully saturated rings. The predicted octanol–water partition coefficient (Wildman–Crippen LogP) is 1.38. The van der Waals surface area contributed by atoms with Crippen LogP contribution in [0.25, 0.3) is 11.4 Å². The highest BCUT2D eigenvalue weighted by molar-refractivity contribution is 5.51. The summed E-state index contributed by atoms with van der Waals surface area (Å²) in [5.74, 6) is 0.714. The molecule has 2 aromatic heterocycles. The molecule has 0 saturated carbocycles. The van der Waals surface area contributed by atoms with Gasteiger partial charge in [0.2, 0.25) is 0 Å². The van der Waals surface area contributed by atoms with Crippen LogP contribution in [-0.4, -0.2) is 25.8 Å². The fourth-order valence-electron chi connectivity index (χ4n) is 1.45. The third-order valence-electron chi connectivity index (χ3n) is 2.38. The Labute approximate surface area is 101 Å². The first kappa shape index (κ1) is 11.7. The fraction of sp³-hybridized carbons (Fsp3) is 0.417. The van der Waals surface area contributed by atoms with E-state index in [0.29, 0.717) is 11.9 Å². The Balaban J connectivity index is 2.07. The Bertz CT molecular complexity index is 472. The minimum Gasteiger partial charge on any atom is -0.310 e. The molecule has 2 heterocycles. The van der Waals surface area contributed by atoms with Crippen LogP contribution in [0.15, 0.2) is 24.8 Å². The molecular formula is C12H17N5. The lowest BCUT2D eigenvalue weighted by Gasteiger charge is -2.07. The zero-order chi connectivity index (χ0) is 12.3. The summed E-state index contributed by atoms with van der Waals surface area (Å²) in [7, 11) is 1.88. The molecule has 0 radical (unpaired) electrons. The van der Waals surface area contributed by atoms with Gasteiger partial charge in [0.15, 0.2) is 5.82 Å². The second-order valence-electron chi connectivity index (χ2n) is 4.35. The van der Waals surface area contributed by atoms with Gasteiger partial charge >= 0.3 is 0 Å². The third kappa shape index (κ3) is 3.10. The summed E-state index contributed by atoms with van der Waals surface area (Å²) >= 11 is 0. The van der Waals surface area contributed by atoms with Crippen molar-refractivity contribution < 1.29 is 0 Å². The Morgan fingerprint density at radius 3 is 2.47 bits per heavy atom. The van der Waals surface area contributed by atoms with Gasteiger partial charge in [0.25, 0.3) is 0 Å². The van der Waals surface area contributed by atoms with Crippen molar-refractivity contribution in [1.82, 2.24) is 25.1 Å². The van der Waals surface area contributed by atoms with Crippen LogP contribution in [0, 0.1) is 0 Å². The summed E-state index contributed by atoms with van der Waals surface area (Å²) in [6.07, 6.45) is 7.37. The van der Waals surface area contributed by atoms with E-state index in [4.69, 9.17) is 0 Å². The second kappa shape index (κ2) is 5.05. The number of aromatic nitrogens is 4. The summed E-state index contributed by atoms with van der Waals surface area (Å²) in [5.41, 5.74) is 2.03. The van der Waals surface area contributed by atoms with Gasteiger partial charge in [-0.2, -0.15) is 5.10 Å². The van der Waals surface area contributed by atoms with E-state index in [1.807, 2.05) is 25.6 Å². The van der Waals surface area contributed by atoms with Gasteiger partial charge in [-0.3, -0.25) is 4.68 Å². The Kier molecular flexibility index (Phi) is 3.49. The molecule has 90 valence electrons. The van der Waals surface area contributed by atoms with Crippen LogP contribution in [0.4, 0.5) is 0 Å². The molecule has 1 N–H and O–H groups in total. The van der Waals surface area contributed by atoms with Crippen molar-refractivity contribution in [2.75, 3.05) is 0 Å². The van der Waals surface area contributed by atoms with Crippen LogP contribution in [0.2, 0.25) is 0 Å². The van der Waals surface area contributed by atoms with Crippen molar-refractivity contribution in [1.29, 1.82) is 0 Å². The van der Waals surface area contributed by atoms with Crippen LogP contribution in [0.3, 0.4) is 0 Å². The Hall–Kier alpha value is -1.75. The lowest BCUT2D eigenvalue weighted by atomic mass is 10.3. The minimum absolute atomic E-state index is 0.466. The normalized spacial score (nSPS) is 11.1. The number of hydrogen-bond donors (Lipinski definition) is 1. The van der Waals surface area contributed by atoms with Crippen molar-refractivity contribution in [3.8, 4) is 11.4 Å². The van der Waals surface area contributed by atoms with Gasteiger partial charge in [-0.1, -0.05) is 13.8 Å². The molecule has 17 heavy (non-hydrogen) atoms. The summed E-state index contributed by atoms with van der Waals surface area (Å²) < 4.78 is 1.74. The molecular weight excluding hydrogens is 214 g/mol. The van der Waals surface area contributed by atoms with Crippen LogP contribution >= 0.6 is 0 Å². The van der Waals surface area contributed by atoms with Gasteiger partial charge in [-0.05, 0) is 0 Å². The Morgan fingerprint density at radius 1 is 1.24 bits per heavy atom. The molecule has 5 heteroatoms. The molecule has 2 aromatic rings. The van der Waals surface area contributed by atoms with E-state index in [9.17, 15) is 0 Å². The highest BCUT2D eigenvalue weighted by atomic mass is 15.2. The van der Waals surface area contributed by atoms with Crippen LogP contribution in [0.5, 0.6) is 0 Å². The number of nitrogens with one attached hydrogen (secondary N) is 1. The van der Waals surface area contributed by atoms with Gasteiger partial charge in [0.05, 0.1) is 11.8 Å². The van der Waals surface area contributed by atoms with Gasteiger partial charge in [0.1, 0.15) is 0 Å². The molecule has 0 spiro atoms. The molecule has 5 nitrogen and oxygen atoms in total. The first-order chi connectivity index (χ1) is 8.15. The zero-order valence-corrected chi connectivity index (χ0v) is 10.4. The van der Waals surface area contributed by atoms with Crippen molar-refractivity contribution in [2.24, 2.45) is 7.05 Å². The molecule has 0 amide bonds. The molecule has 0 aliphatic rings. The molecule has 0 unspecified atom stereocenters. The summed E-state index contributed by atoms with van der Waals surface area (Å²) in [5, 5.41) is 7.43. The van der Waals surface area contributed by atoms with Crippen molar-refractivity contribution in [2.45, 2.75) is 26.4 Å². The van der Waals surface area contributed by atoms with Gasteiger partial charge in [-0.25, -0.2) is 9.97 Å². The maximum Gasteiger partial charge on any atom is 0.162 e. The molecule has 0 atom stereocenters. The summed E-state index contributed by atoms with van der Waals surface area (Å²) in [4.78, 5) is 8.67. The number of hydrogen-bond acceptors (Lipinski definition) is 4. The predicted molar refractivity (Wildman–Crippen MR) is 66.2 cm³/mol. The fourth-order valence-corrected chi connectivity index (χ4v) is 1.45. The number of rotatable bonds is 4. The number of nitrogens with zero attached hydrogens (tertiary/aromatic N) is 4. The van der Waals surface area contributed by atoms with E-state index < -0.39 is 0 Å². The molecule has 2 rings (SSSR count). The maximum absolute atomic E-state index is 4.34. The van der Waals surface area contributed by atoms with Gasteiger partial charge in [0, 0.05) is 43.8 Å². The van der Waals surface area contributed by atoms with E-state index in [0.717, 1.165) is 17.7 Å². The highest BCUT2D eigenvalue weighted by Crippen LogP contribution is 2.12. The lowest BCUT2D eigenvalue weighted by molar-refractivity contribution is 0.587. The highest BCUT2D eigenvalue weighted by Gasteiger charge is 2.03. The minimum atomic E-state index is 0.466. The van der Waals surface area contributed by atoms with Gasteiger partial charge in [-0.15, -0.1) is 0 Å². The van der Waals surface area contributed by atoms with Crippen molar-refractivity contribution in [3.63, 3.8) is 0 Å². The number of aryl methyl sites for hydroxylation is 1. The zero-order valence-electron chi connectivity index (χ0n) is 10.4. The quantitative estimate of drug-likeness (QED) is 0.863.